The number of rotatable bonds is 9. The highest BCUT2D eigenvalue weighted by atomic mass is 16.5. The first-order valence-electron chi connectivity index (χ1n) is 10.6. The summed E-state index contributed by atoms with van der Waals surface area (Å²) in [7, 11) is 1.72. The van der Waals surface area contributed by atoms with Gasteiger partial charge in [-0.05, 0) is 43.3 Å². The van der Waals surface area contributed by atoms with Crippen LogP contribution in [0.15, 0.2) is 65.5 Å². The van der Waals surface area contributed by atoms with E-state index in [1.807, 2.05) is 30.3 Å². The van der Waals surface area contributed by atoms with Crippen LogP contribution in [0, 0.1) is 0 Å². The van der Waals surface area contributed by atoms with Crippen molar-refractivity contribution >= 4 is 17.7 Å². The van der Waals surface area contributed by atoms with Gasteiger partial charge >= 0.3 is 6.09 Å². The molecular formula is C24H27N5O4. The van der Waals surface area contributed by atoms with E-state index in [1.54, 1.807) is 38.2 Å². The smallest absolute Gasteiger partial charge is 0.411 e. The molecule has 0 aliphatic heterocycles. The largest absolute Gasteiger partial charge is 0.450 e. The van der Waals surface area contributed by atoms with Gasteiger partial charge in [-0.25, -0.2) is 9.48 Å². The summed E-state index contributed by atoms with van der Waals surface area (Å²) < 4.78 is 6.27. The number of nitrogens with one attached hydrogen (secondary N) is 3. The van der Waals surface area contributed by atoms with Crippen molar-refractivity contribution in [2.75, 3.05) is 25.5 Å². The van der Waals surface area contributed by atoms with Gasteiger partial charge in [0.2, 0.25) is 5.91 Å². The molecule has 0 atom stereocenters. The molecule has 0 bridgehead atoms. The van der Waals surface area contributed by atoms with Gasteiger partial charge < -0.3 is 15.4 Å². The molecule has 9 nitrogen and oxygen atoms in total. The van der Waals surface area contributed by atoms with Crippen LogP contribution < -0.4 is 21.5 Å². The van der Waals surface area contributed by atoms with E-state index in [4.69, 9.17) is 4.74 Å². The fraction of sp³-hybridized carbons (Fsp3) is 0.250. The molecule has 2 amide bonds. The Labute approximate surface area is 191 Å². The van der Waals surface area contributed by atoms with E-state index in [2.05, 4.69) is 21.0 Å². The maximum Gasteiger partial charge on any atom is 0.411 e. The number of carbonyl (C=O) groups excluding carboxylic acids is 2. The zero-order chi connectivity index (χ0) is 23.6. The third-order valence-electron chi connectivity index (χ3n) is 4.72. The predicted molar refractivity (Wildman–Crippen MR) is 126 cm³/mol. The second-order valence-electron chi connectivity index (χ2n) is 7.26. The van der Waals surface area contributed by atoms with Gasteiger partial charge in [-0.1, -0.05) is 36.4 Å². The number of hydrogen-bond donors (Lipinski definition) is 3. The first kappa shape index (κ1) is 23.7. The normalized spacial score (nSPS) is 10.5. The van der Waals surface area contributed by atoms with Gasteiger partial charge in [0.1, 0.15) is 0 Å². The lowest BCUT2D eigenvalue weighted by atomic mass is 10.1. The minimum absolute atomic E-state index is 0.0724. The summed E-state index contributed by atoms with van der Waals surface area (Å²) in [6, 6.07) is 18.0. The van der Waals surface area contributed by atoms with Crippen molar-refractivity contribution in [3.05, 3.63) is 82.1 Å². The highest BCUT2D eigenvalue weighted by molar-refractivity contribution is 5.84. The molecule has 3 rings (SSSR count). The Bertz CT molecular complexity index is 1160. The lowest BCUT2D eigenvalue weighted by Crippen LogP contribution is -2.31. The summed E-state index contributed by atoms with van der Waals surface area (Å²) in [6.45, 7) is 2.97. The van der Waals surface area contributed by atoms with Crippen molar-refractivity contribution in [2.24, 2.45) is 0 Å². The second kappa shape index (κ2) is 11.6. The van der Waals surface area contributed by atoms with E-state index in [0.717, 1.165) is 16.7 Å². The zero-order valence-electron chi connectivity index (χ0n) is 18.6. The van der Waals surface area contributed by atoms with Crippen LogP contribution in [-0.2, 0) is 22.6 Å². The van der Waals surface area contributed by atoms with Gasteiger partial charge in [-0.2, -0.15) is 5.10 Å². The third-order valence-corrected chi connectivity index (χ3v) is 4.72. The Hall–Kier alpha value is -3.98. The van der Waals surface area contributed by atoms with E-state index in [0.29, 0.717) is 17.9 Å². The molecule has 0 spiro atoms. The molecule has 0 radical (unpaired) electrons. The molecule has 172 valence electrons. The lowest BCUT2D eigenvalue weighted by molar-refractivity contribution is -0.120. The highest BCUT2D eigenvalue weighted by Gasteiger charge is 2.07. The Balaban J connectivity index is 1.72. The average Bonchev–Trinajstić information content (AvgIpc) is 2.80. The molecule has 9 heteroatoms. The molecule has 3 N–H and O–H groups in total. The number of aromatic nitrogens is 2. The monoisotopic (exact) mass is 449 g/mol. The molecule has 0 aliphatic carbocycles. The lowest BCUT2D eigenvalue weighted by Gasteiger charge is -2.10. The van der Waals surface area contributed by atoms with Crippen LogP contribution in [0.25, 0.3) is 11.3 Å². The molecule has 1 heterocycles. The molecule has 3 aromatic rings. The molecule has 1 aromatic heterocycles. The van der Waals surface area contributed by atoms with Crippen LogP contribution in [0.5, 0.6) is 0 Å². The number of ether oxygens (including phenoxy) is 1. The summed E-state index contributed by atoms with van der Waals surface area (Å²) in [4.78, 5) is 35.6. The summed E-state index contributed by atoms with van der Waals surface area (Å²) >= 11 is 0. The minimum Gasteiger partial charge on any atom is -0.450 e. The number of anilines is 1. The van der Waals surface area contributed by atoms with Crippen molar-refractivity contribution in [2.45, 2.75) is 20.0 Å². The zero-order valence-corrected chi connectivity index (χ0v) is 18.6. The summed E-state index contributed by atoms with van der Waals surface area (Å²) in [5, 5.41) is 12.8. The molecule has 0 saturated carbocycles. The SMILES string of the molecule is CCOC(=O)Nc1cccc(Cn2nc(-c3ccc(CNC(=O)CNC)cc3)ccc2=O)c1. The van der Waals surface area contributed by atoms with E-state index in [-0.39, 0.29) is 31.2 Å². The summed E-state index contributed by atoms with van der Waals surface area (Å²) in [5.74, 6) is -0.0724. The Morgan fingerprint density at radius 1 is 1.03 bits per heavy atom. The maximum atomic E-state index is 12.4. The van der Waals surface area contributed by atoms with Crippen LogP contribution in [-0.4, -0.2) is 42.0 Å². The van der Waals surface area contributed by atoms with Gasteiger partial charge in [0.15, 0.2) is 0 Å². The minimum atomic E-state index is -0.531. The fourth-order valence-corrected chi connectivity index (χ4v) is 3.14. The van der Waals surface area contributed by atoms with Gasteiger partial charge in [0.25, 0.3) is 5.56 Å². The second-order valence-corrected chi connectivity index (χ2v) is 7.26. The quantitative estimate of drug-likeness (QED) is 0.462. The van der Waals surface area contributed by atoms with Crippen LogP contribution >= 0.6 is 0 Å². The maximum absolute atomic E-state index is 12.4. The molecule has 0 aliphatic rings. The number of carbonyl (C=O) groups is 2. The molecule has 0 unspecified atom stereocenters. The predicted octanol–water partition coefficient (Wildman–Crippen LogP) is 2.36. The number of hydrogen-bond acceptors (Lipinski definition) is 6. The van der Waals surface area contributed by atoms with Crippen molar-refractivity contribution in [3.8, 4) is 11.3 Å². The van der Waals surface area contributed by atoms with Gasteiger partial charge in [0, 0.05) is 23.9 Å². The Kier molecular flexibility index (Phi) is 8.31. The van der Waals surface area contributed by atoms with E-state index in [9.17, 15) is 14.4 Å². The summed E-state index contributed by atoms with van der Waals surface area (Å²) in [6.07, 6.45) is -0.531. The average molecular weight is 450 g/mol. The van der Waals surface area contributed by atoms with Crippen molar-refractivity contribution in [1.29, 1.82) is 0 Å². The van der Waals surface area contributed by atoms with E-state index < -0.39 is 6.09 Å². The van der Waals surface area contributed by atoms with Crippen molar-refractivity contribution in [3.63, 3.8) is 0 Å². The van der Waals surface area contributed by atoms with Crippen molar-refractivity contribution < 1.29 is 14.3 Å². The van der Waals surface area contributed by atoms with Crippen LogP contribution in [0.4, 0.5) is 10.5 Å². The van der Waals surface area contributed by atoms with Gasteiger partial charge in [0.05, 0.1) is 25.4 Å². The fourth-order valence-electron chi connectivity index (χ4n) is 3.14. The number of likely N-dealkylation sites (N-methyl/N-ethyl adjacent to an activating group) is 1. The first-order valence-corrected chi connectivity index (χ1v) is 10.6. The molecule has 0 fully saturated rings. The van der Waals surface area contributed by atoms with Gasteiger partial charge in [-0.3, -0.25) is 14.9 Å². The standard InChI is InChI=1S/C24H27N5O4/c1-3-33-24(32)27-20-6-4-5-18(13-20)16-29-23(31)12-11-21(28-29)19-9-7-17(8-10-19)14-26-22(30)15-25-2/h4-13,25H,3,14-16H2,1-2H3,(H,26,30)(H,27,32). The molecule has 33 heavy (non-hydrogen) atoms. The molecule has 0 saturated heterocycles. The van der Waals surface area contributed by atoms with Crippen LogP contribution in [0.1, 0.15) is 18.1 Å². The summed E-state index contributed by atoms with van der Waals surface area (Å²) in [5.41, 5.74) is 3.62. The Morgan fingerprint density at radius 2 is 1.82 bits per heavy atom. The van der Waals surface area contributed by atoms with E-state index in [1.165, 1.54) is 10.7 Å². The number of amides is 2. The Morgan fingerprint density at radius 3 is 2.55 bits per heavy atom. The van der Waals surface area contributed by atoms with Crippen LogP contribution in [0.3, 0.4) is 0 Å². The molecular weight excluding hydrogens is 422 g/mol. The van der Waals surface area contributed by atoms with Gasteiger partial charge in [-0.15, -0.1) is 0 Å². The topological polar surface area (TPSA) is 114 Å². The molecule has 2 aromatic carbocycles. The first-order chi connectivity index (χ1) is 16.0. The van der Waals surface area contributed by atoms with E-state index >= 15 is 0 Å². The number of nitrogens with zero attached hydrogens (tertiary/aromatic N) is 2. The highest BCUT2D eigenvalue weighted by Crippen LogP contribution is 2.17. The van der Waals surface area contributed by atoms with Crippen molar-refractivity contribution in [1.82, 2.24) is 20.4 Å². The third kappa shape index (κ3) is 7.01. The number of benzene rings is 2. The van der Waals surface area contributed by atoms with Crippen LogP contribution in [0.2, 0.25) is 0 Å².